The highest BCUT2D eigenvalue weighted by Crippen LogP contribution is 2.28. The molecule has 0 unspecified atom stereocenters. The summed E-state index contributed by atoms with van der Waals surface area (Å²) in [4.78, 5) is 24.1. The first-order chi connectivity index (χ1) is 14.1. The predicted octanol–water partition coefficient (Wildman–Crippen LogP) is 3.95. The van der Waals surface area contributed by atoms with E-state index in [9.17, 15) is 9.59 Å². The first-order valence-electron chi connectivity index (χ1n) is 9.25. The monoisotopic (exact) mass is 426 g/mol. The van der Waals surface area contributed by atoms with E-state index in [2.05, 4.69) is 20.8 Å². The third-order valence-corrected chi connectivity index (χ3v) is 5.88. The molecule has 2 aromatic heterocycles. The van der Waals surface area contributed by atoms with E-state index >= 15 is 0 Å². The van der Waals surface area contributed by atoms with Crippen LogP contribution in [-0.2, 0) is 11.2 Å². The largest absolute Gasteiger partial charge is 0.368 e. The maximum absolute atomic E-state index is 12.3. The standard InChI is InChI=1S/C21H19ClN4O2S/c22-14-6-7-18-17(11-14)13(12-29-18)10-19(27)23-8-3-9-24-20-15-4-1-2-5-16(15)21(28)26-25-20/h1-2,4-7,11-12H,3,8-10H2,(H,23,27)(H,24,25)(H,26,28). The van der Waals surface area contributed by atoms with E-state index in [-0.39, 0.29) is 11.5 Å². The Morgan fingerprint density at radius 1 is 1.10 bits per heavy atom. The Bertz CT molecular complexity index is 1230. The lowest BCUT2D eigenvalue weighted by Gasteiger charge is -2.09. The number of aromatic amines is 1. The first kappa shape index (κ1) is 19.4. The van der Waals surface area contributed by atoms with Crippen LogP contribution in [0.25, 0.3) is 20.9 Å². The number of amides is 1. The van der Waals surface area contributed by atoms with Crippen molar-refractivity contribution in [1.29, 1.82) is 0 Å². The SMILES string of the molecule is O=C(Cc1csc2ccc(Cl)cc12)NCCCNc1n[nH]c(=O)c2ccccc12. The van der Waals surface area contributed by atoms with E-state index in [0.717, 1.165) is 27.5 Å². The number of aromatic nitrogens is 2. The molecule has 29 heavy (non-hydrogen) atoms. The molecular weight excluding hydrogens is 408 g/mol. The van der Waals surface area contributed by atoms with Crippen molar-refractivity contribution in [1.82, 2.24) is 15.5 Å². The molecule has 8 heteroatoms. The highest BCUT2D eigenvalue weighted by Gasteiger charge is 2.10. The van der Waals surface area contributed by atoms with Gasteiger partial charge in [0.25, 0.3) is 5.56 Å². The molecule has 0 fully saturated rings. The van der Waals surface area contributed by atoms with Crippen LogP contribution < -0.4 is 16.2 Å². The minimum atomic E-state index is -0.208. The van der Waals surface area contributed by atoms with E-state index in [1.54, 1.807) is 17.4 Å². The number of hydrogen-bond acceptors (Lipinski definition) is 5. The number of nitrogens with zero attached hydrogens (tertiary/aromatic N) is 1. The Morgan fingerprint density at radius 2 is 1.93 bits per heavy atom. The van der Waals surface area contributed by atoms with E-state index in [4.69, 9.17) is 11.6 Å². The number of hydrogen-bond donors (Lipinski definition) is 3. The second-order valence-electron chi connectivity index (χ2n) is 6.66. The number of thiophene rings is 1. The second kappa shape index (κ2) is 8.63. The van der Waals surface area contributed by atoms with E-state index in [1.165, 1.54) is 0 Å². The minimum absolute atomic E-state index is 0.0164. The fourth-order valence-electron chi connectivity index (χ4n) is 3.20. The Balaban J connectivity index is 1.28. The molecule has 2 aromatic carbocycles. The summed E-state index contributed by atoms with van der Waals surface area (Å²) in [5, 5.41) is 17.8. The molecule has 0 aliphatic rings. The average molecular weight is 427 g/mol. The van der Waals surface area contributed by atoms with Crippen molar-refractivity contribution < 1.29 is 4.79 Å². The fourth-order valence-corrected chi connectivity index (χ4v) is 4.31. The van der Waals surface area contributed by atoms with Crippen LogP contribution in [0, 0.1) is 0 Å². The second-order valence-corrected chi connectivity index (χ2v) is 8.00. The zero-order valence-corrected chi connectivity index (χ0v) is 17.1. The van der Waals surface area contributed by atoms with Crippen LogP contribution in [0.15, 0.2) is 52.6 Å². The third kappa shape index (κ3) is 4.41. The zero-order chi connectivity index (χ0) is 20.2. The molecular formula is C21H19ClN4O2S. The van der Waals surface area contributed by atoms with E-state index in [0.29, 0.717) is 35.7 Å². The van der Waals surface area contributed by atoms with Crippen LogP contribution in [-0.4, -0.2) is 29.2 Å². The molecule has 148 valence electrons. The molecule has 0 spiro atoms. The number of H-pyrrole nitrogens is 1. The van der Waals surface area contributed by atoms with Crippen LogP contribution in [0.5, 0.6) is 0 Å². The van der Waals surface area contributed by atoms with E-state index < -0.39 is 0 Å². The number of halogens is 1. The Morgan fingerprint density at radius 3 is 2.79 bits per heavy atom. The van der Waals surface area contributed by atoms with Gasteiger partial charge in [0.05, 0.1) is 11.8 Å². The minimum Gasteiger partial charge on any atom is -0.368 e. The number of carbonyl (C=O) groups excluding carboxylic acids is 1. The molecule has 0 aliphatic carbocycles. The van der Waals surface area contributed by atoms with Gasteiger partial charge in [-0.25, -0.2) is 5.10 Å². The van der Waals surface area contributed by atoms with Crippen molar-refractivity contribution in [2.75, 3.05) is 18.4 Å². The van der Waals surface area contributed by atoms with Crippen molar-refractivity contribution in [3.8, 4) is 0 Å². The Kier molecular flexibility index (Phi) is 5.78. The summed E-state index contributed by atoms with van der Waals surface area (Å²) in [6, 6.07) is 13.1. The highest BCUT2D eigenvalue weighted by molar-refractivity contribution is 7.17. The van der Waals surface area contributed by atoms with Gasteiger partial charge in [-0.1, -0.05) is 29.8 Å². The molecule has 4 rings (SSSR count). The molecule has 4 aromatic rings. The van der Waals surface area contributed by atoms with Crippen LogP contribution in [0.4, 0.5) is 5.82 Å². The summed E-state index contributed by atoms with van der Waals surface area (Å²) >= 11 is 7.69. The highest BCUT2D eigenvalue weighted by atomic mass is 35.5. The normalized spacial score (nSPS) is 11.1. The maximum atomic E-state index is 12.3. The molecule has 0 radical (unpaired) electrons. The Hall–Kier alpha value is -2.90. The van der Waals surface area contributed by atoms with Gasteiger partial charge in [-0.15, -0.1) is 11.3 Å². The molecule has 0 saturated carbocycles. The van der Waals surface area contributed by atoms with Crippen LogP contribution >= 0.6 is 22.9 Å². The lowest BCUT2D eigenvalue weighted by atomic mass is 10.1. The zero-order valence-electron chi connectivity index (χ0n) is 15.5. The van der Waals surface area contributed by atoms with Crippen molar-refractivity contribution in [3.63, 3.8) is 0 Å². The van der Waals surface area contributed by atoms with Crippen molar-refractivity contribution >= 4 is 55.5 Å². The smallest absolute Gasteiger partial charge is 0.272 e. The van der Waals surface area contributed by atoms with Gasteiger partial charge in [-0.05, 0) is 47.0 Å². The number of rotatable bonds is 7. The van der Waals surface area contributed by atoms with Gasteiger partial charge in [-0.3, -0.25) is 9.59 Å². The topological polar surface area (TPSA) is 86.9 Å². The average Bonchev–Trinajstić information content (AvgIpc) is 3.11. The number of carbonyl (C=O) groups is 1. The molecule has 0 saturated heterocycles. The summed E-state index contributed by atoms with van der Waals surface area (Å²) < 4.78 is 1.13. The number of fused-ring (bicyclic) bond motifs is 2. The molecule has 6 nitrogen and oxygen atoms in total. The molecule has 0 atom stereocenters. The lowest BCUT2D eigenvalue weighted by Crippen LogP contribution is -2.27. The van der Waals surface area contributed by atoms with Crippen LogP contribution in [0.3, 0.4) is 0 Å². The lowest BCUT2D eigenvalue weighted by molar-refractivity contribution is -0.120. The van der Waals surface area contributed by atoms with Crippen molar-refractivity contribution in [3.05, 3.63) is 68.8 Å². The number of benzene rings is 2. The van der Waals surface area contributed by atoms with Gasteiger partial charge in [0, 0.05) is 28.2 Å². The summed E-state index contributed by atoms with van der Waals surface area (Å²) in [5.74, 6) is 0.616. The van der Waals surface area contributed by atoms with Gasteiger partial charge in [0.2, 0.25) is 5.91 Å². The van der Waals surface area contributed by atoms with Gasteiger partial charge < -0.3 is 10.6 Å². The fraction of sp³-hybridized carbons (Fsp3) is 0.190. The Labute approximate surface area is 175 Å². The van der Waals surface area contributed by atoms with Gasteiger partial charge in [0.15, 0.2) is 5.82 Å². The number of nitrogens with one attached hydrogen (secondary N) is 3. The van der Waals surface area contributed by atoms with Crippen LogP contribution in [0.1, 0.15) is 12.0 Å². The number of anilines is 1. The van der Waals surface area contributed by atoms with Gasteiger partial charge in [-0.2, -0.15) is 5.10 Å². The molecule has 1 amide bonds. The molecule has 0 aliphatic heterocycles. The quantitative estimate of drug-likeness (QED) is 0.390. The molecule has 0 bridgehead atoms. The molecule has 2 heterocycles. The summed E-state index contributed by atoms with van der Waals surface area (Å²) in [6.45, 7) is 1.18. The van der Waals surface area contributed by atoms with Crippen molar-refractivity contribution in [2.45, 2.75) is 12.8 Å². The summed E-state index contributed by atoms with van der Waals surface area (Å²) in [6.07, 6.45) is 1.07. The van der Waals surface area contributed by atoms with Crippen LogP contribution in [0.2, 0.25) is 5.02 Å². The predicted molar refractivity (Wildman–Crippen MR) is 119 cm³/mol. The molecule has 3 N–H and O–H groups in total. The first-order valence-corrected chi connectivity index (χ1v) is 10.5. The van der Waals surface area contributed by atoms with Gasteiger partial charge in [0.1, 0.15) is 0 Å². The third-order valence-electron chi connectivity index (χ3n) is 4.63. The summed E-state index contributed by atoms with van der Waals surface area (Å²) in [7, 11) is 0. The van der Waals surface area contributed by atoms with Crippen molar-refractivity contribution in [2.24, 2.45) is 0 Å². The van der Waals surface area contributed by atoms with Gasteiger partial charge >= 0.3 is 0 Å². The maximum Gasteiger partial charge on any atom is 0.272 e. The van der Waals surface area contributed by atoms with E-state index in [1.807, 2.05) is 41.8 Å². The summed E-state index contributed by atoms with van der Waals surface area (Å²) in [5.41, 5.74) is 0.785.